The van der Waals surface area contributed by atoms with E-state index in [9.17, 15) is 9.90 Å². The summed E-state index contributed by atoms with van der Waals surface area (Å²) in [5.74, 6) is 0.778. The quantitative estimate of drug-likeness (QED) is 0.554. The minimum absolute atomic E-state index is 0.0943. The van der Waals surface area contributed by atoms with Gasteiger partial charge in [-0.3, -0.25) is 4.79 Å². The lowest BCUT2D eigenvalue weighted by molar-refractivity contribution is -0.903. The van der Waals surface area contributed by atoms with Crippen LogP contribution in [0.5, 0.6) is 0 Å². The molecule has 7 nitrogen and oxygen atoms in total. The van der Waals surface area contributed by atoms with Gasteiger partial charge in [-0.1, -0.05) is 25.5 Å². The molecule has 4 aliphatic rings. The Morgan fingerprint density at radius 1 is 1.30 bits per heavy atom. The minimum Gasteiger partial charge on any atom is -0.461 e. The van der Waals surface area contributed by atoms with Crippen LogP contribution < -0.4 is 9.80 Å². The van der Waals surface area contributed by atoms with Crippen LogP contribution >= 0.6 is 0 Å². The Kier molecular flexibility index (Phi) is 5.06. The first-order chi connectivity index (χ1) is 14.5. The average molecular weight is 414 g/mol. The number of nitrogens with zero attached hydrogens (tertiary/aromatic N) is 3. The number of aliphatic hydroxyl groups excluding tert-OH is 1. The maximum atomic E-state index is 12.8. The number of fused-ring (bicyclic) bond motifs is 2. The van der Waals surface area contributed by atoms with Crippen molar-refractivity contribution < 1.29 is 19.5 Å². The van der Waals surface area contributed by atoms with E-state index in [0.29, 0.717) is 5.92 Å². The summed E-state index contributed by atoms with van der Waals surface area (Å²) in [7, 11) is 0. The third-order valence-electron chi connectivity index (χ3n) is 8.38. The summed E-state index contributed by atoms with van der Waals surface area (Å²) in [6.07, 6.45) is 8.10. The molecule has 3 heterocycles. The molecule has 2 saturated heterocycles. The molecular weight excluding hydrogens is 380 g/mol. The normalized spacial score (nSPS) is 39.2. The van der Waals surface area contributed by atoms with Gasteiger partial charge in [0.15, 0.2) is 0 Å². The first-order valence-corrected chi connectivity index (χ1v) is 11.4. The third-order valence-corrected chi connectivity index (χ3v) is 8.38. The molecule has 1 saturated carbocycles. The van der Waals surface area contributed by atoms with Crippen LogP contribution in [0.4, 0.5) is 5.95 Å². The number of carbonyl (C=O) groups is 1. The van der Waals surface area contributed by atoms with E-state index >= 15 is 0 Å². The van der Waals surface area contributed by atoms with Crippen LogP contribution in [0.2, 0.25) is 0 Å². The number of hydrogen-bond donors (Lipinski definition) is 2. The molecule has 0 amide bonds. The van der Waals surface area contributed by atoms with Crippen molar-refractivity contribution in [3.63, 3.8) is 0 Å². The number of quaternary nitrogens is 1. The lowest BCUT2D eigenvalue weighted by Crippen LogP contribution is -3.15. The largest absolute Gasteiger partial charge is 0.461 e. The highest BCUT2D eigenvalue weighted by atomic mass is 16.6. The van der Waals surface area contributed by atoms with E-state index in [1.807, 2.05) is 6.07 Å². The molecule has 7 heteroatoms. The highest BCUT2D eigenvalue weighted by Gasteiger charge is 2.60. The standard InChI is InChI=1S/C23H32N4O3/c1-15-5-3-6-16-13-18-19(20(28)23(15,16)2)17(21(29)30-18)14-26-9-11-27(12-10-26)22-24-7-4-8-25-22/h4,6-8,15,17-20,28H,3,5,9-14H2,1-2H3/p+1/t15-,17-,18-,19-,20-,23-/m1/s1. The Morgan fingerprint density at radius 3 is 2.77 bits per heavy atom. The van der Waals surface area contributed by atoms with E-state index in [4.69, 9.17) is 4.74 Å². The molecule has 0 aromatic carbocycles. The molecule has 3 fully saturated rings. The highest BCUT2D eigenvalue weighted by molar-refractivity contribution is 5.76. The maximum absolute atomic E-state index is 12.8. The second-order valence-electron chi connectivity index (χ2n) is 9.79. The first-order valence-electron chi connectivity index (χ1n) is 11.4. The molecule has 0 radical (unpaired) electrons. The predicted molar refractivity (Wildman–Crippen MR) is 112 cm³/mol. The third kappa shape index (κ3) is 3.14. The molecule has 2 aliphatic carbocycles. The second-order valence-corrected chi connectivity index (χ2v) is 9.79. The summed E-state index contributed by atoms with van der Waals surface area (Å²) in [5, 5.41) is 11.5. The Labute approximate surface area is 178 Å². The maximum Gasteiger partial charge on any atom is 0.315 e. The van der Waals surface area contributed by atoms with Gasteiger partial charge in [-0.25, -0.2) is 9.97 Å². The van der Waals surface area contributed by atoms with Crippen LogP contribution in [0.15, 0.2) is 30.1 Å². The number of anilines is 1. The predicted octanol–water partition coefficient (Wildman–Crippen LogP) is 0.467. The molecule has 30 heavy (non-hydrogen) atoms. The van der Waals surface area contributed by atoms with Gasteiger partial charge in [0.2, 0.25) is 5.95 Å². The molecule has 0 unspecified atom stereocenters. The van der Waals surface area contributed by atoms with Crippen molar-refractivity contribution in [2.75, 3.05) is 37.6 Å². The molecule has 1 aromatic heterocycles. The molecule has 6 atom stereocenters. The topological polar surface area (TPSA) is 80.0 Å². The number of aliphatic hydroxyl groups is 1. The van der Waals surface area contributed by atoms with Crippen LogP contribution in [-0.4, -0.2) is 66.0 Å². The lowest BCUT2D eigenvalue weighted by Gasteiger charge is -2.51. The molecule has 2 N–H and O–H groups in total. The van der Waals surface area contributed by atoms with E-state index in [2.05, 4.69) is 34.8 Å². The molecular formula is C23H33N4O3+. The van der Waals surface area contributed by atoms with Crippen molar-refractivity contribution >= 4 is 11.9 Å². The highest BCUT2D eigenvalue weighted by Crippen LogP contribution is 2.55. The van der Waals surface area contributed by atoms with Gasteiger partial charge < -0.3 is 19.6 Å². The van der Waals surface area contributed by atoms with Gasteiger partial charge in [0.05, 0.1) is 38.8 Å². The Hall–Kier alpha value is -1.99. The summed E-state index contributed by atoms with van der Waals surface area (Å²) in [5.41, 5.74) is 1.07. The zero-order chi connectivity index (χ0) is 20.9. The molecule has 162 valence electrons. The van der Waals surface area contributed by atoms with E-state index in [-0.39, 0.29) is 29.3 Å². The van der Waals surface area contributed by atoms with Gasteiger partial charge in [-0.2, -0.15) is 0 Å². The van der Waals surface area contributed by atoms with Crippen molar-refractivity contribution in [2.24, 2.45) is 23.2 Å². The number of aromatic nitrogens is 2. The minimum atomic E-state index is -0.521. The Balaban J connectivity index is 1.28. The zero-order valence-electron chi connectivity index (χ0n) is 18.0. The van der Waals surface area contributed by atoms with Crippen molar-refractivity contribution in [3.8, 4) is 0 Å². The van der Waals surface area contributed by atoms with Gasteiger partial charge in [-0.15, -0.1) is 0 Å². The van der Waals surface area contributed by atoms with Gasteiger partial charge in [-0.05, 0) is 24.8 Å². The van der Waals surface area contributed by atoms with Crippen molar-refractivity contribution in [2.45, 2.75) is 45.3 Å². The smallest absolute Gasteiger partial charge is 0.315 e. The van der Waals surface area contributed by atoms with Crippen LogP contribution in [-0.2, 0) is 9.53 Å². The summed E-state index contributed by atoms with van der Waals surface area (Å²) in [4.78, 5) is 25.2. The molecule has 0 bridgehead atoms. The summed E-state index contributed by atoms with van der Waals surface area (Å²) >= 11 is 0. The number of carbonyl (C=O) groups excluding carboxylic acids is 1. The van der Waals surface area contributed by atoms with E-state index in [0.717, 1.165) is 57.9 Å². The first kappa shape index (κ1) is 19.9. The van der Waals surface area contributed by atoms with Gasteiger partial charge in [0.1, 0.15) is 12.0 Å². The molecule has 1 aromatic rings. The average Bonchev–Trinajstić information content (AvgIpc) is 3.07. The van der Waals surface area contributed by atoms with Crippen LogP contribution in [0.3, 0.4) is 0 Å². The van der Waals surface area contributed by atoms with Gasteiger partial charge in [0, 0.05) is 30.1 Å². The summed E-state index contributed by atoms with van der Waals surface area (Å²) < 4.78 is 5.83. The number of nitrogens with one attached hydrogen (secondary N) is 1. The Morgan fingerprint density at radius 2 is 2.03 bits per heavy atom. The fourth-order valence-corrected chi connectivity index (χ4v) is 6.29. The van der Waals surface area contributed by atoms with E-state index in [1.165, 1.54) is 10.5 Å². The summed E-state index contributed by atoms with van der Waals surface area (Å²) in [6, 6.07) is 1.83. The SMILES string of the molecule is C[C@@H]1CCC=C2C[C@H]3OC(=O)[C@H](C[NH+]4CCN(c5ncccn5)CC4)[C@H]3[C@@H](O)[C@@]21C. The Bertz CT molecular complexity index is 823. The number of hydrogen-bond acceptors (Lipinski definition) is 6. The number of esters is 1. The van der Waals surface area contributed by atoms with Crippen molar-refractivity contribution in [1.29, 1.82) is 0 Å². The fraction of sp³-hybridized carbons (Fsp3) is 0.696. The van der Waals surface area contributed by atoms with E-state index in [1.54, 1.807) is 12.4 Å². The monoisotopic (exact) mass is 413 g/mol. The molecule has 0 spiro atoms. The zero-order valence-corrected chi connectivity index (χ0v) is 18.0. The number of rotatable bonds is 3. The number of allylic oxidation sites excluding steroid dienone is 1. The second kappa shape index (κ2) is 7.61. The number of ether oxygens (including phenoxy) is 1. The fourth-order valence-electron chi connectivity index (χ4n) is 6.29. The lowest BCUT2D eigenvalue weighted by atomic mass is 9.55. The van der Waals surface area contributed by atoms with Crippen LogP contribution in [0, 0.1) is 23.2 Å². The van der Waals surface area contributed by atoms with Crippen LogP contribution in [0.1, 0.15) is 33.1 Å². The van der Waals surface area contributed by atoms with Gasteiger partial charge in [0.25, 0.3) is 0 Å². The van der Waals surface area contributed by atoms with Crippen LogP contribution in [0.25, 0.3) is 0 Å². The van der Waals surface area contributed by atoms with Gasteiger partial charge >= 0.3 is 5.97 Å². The number of piperazine rings is 1. The van der Waals surface area contributed by atoms with Crippen molar-refractivity contribution in [3.05, 3.63) is 30.1 Å². The molecule has 5 rings (SSSR count). The van der Waals surface area contributed by atoms with Crippen molar-refractivity contribution in [1.82, 2.24) is 9.97 Å². The van der Waals surface area contributed by atoms with E-state index < -0.39 is 6.10 Å². The molecule has 2 aliphatic heterocycles. The summed E-state index contributed by atoms with van der Waals surface area (Å²) in [6.45, 7) is 8.82.